The van der Waals surface area contributed by atoms with Crippen molar-refractivity contribution in [2.75, 3.05) is 13.2 Å². The first-order valence-electron chi connectivity index (χ1n) is 6.20. The molecule has 18 heavy (non-hydrogen) atoms. The molecule has 1 aromatic rings. The molecule has 1 aromatic carbocycles. The molecule has 2 nitrogen and oxygen atoms in total. The predicted molar refractivity (Wildman–Crippen MR) is 76.3 cm³/mol. The zero-order chi connectivity index (χ0) is 13.4. The van der Waals surface area contributed by atoms with Crippen molar-refractivity contribution in [1.29, 1.82) is 0 Å². The molecule has 0 heterocycles. The largest absolute Gasteiger partial charge is 0.490 e. The molecule has 0 radical (unpaired) electrons. The molecule has 0 N–H and O–H groups in total. The van der Waals surface area contributed by atoms with Crippen LogP contribution in [0.15, 0.2) is 47.6 Å². The van der Waals surface area contributed by atoms with Gasteiger partial charge in [-0.3, -0.25) is 0 Å². The van der Waals surface area contributed by atoms with E-state index in [2.05, 4.69) is 39.8 Å². The second-order valence-electron chi connectivity index (χ2n) is 4.66. The first-order chi connectivity index (χ1) is 8.58. The zero-order valence-electron chi connectivity index (χ0n) is 11.7. The van der Waals surface area contributed by atoms with Crippen LogP contribution < -0.4 is 9.47 Å². The van der Waals surface area contributed by atoms with E-state index in [9.17, 15) is 0 Å². The summed E-state index contributed by atoms with van der Waals surface area (Å²) >= 11 is 0. The summed E-state index contributed by atoms with van der Waals surface area (Å²) in [6.07, 6.45) is 4.11. The van der Waals surface area contributed by atoms with Gasteiger partial charge in [0.25, 0.3) is 0 Å². The molecule has 1 rings (SSSR count). The zero-order valence-corrected chi connectivity index (χ0v) is 11.7. The van der Waals surface area contributed by atoms with Gasteiger partial charge in [-0.25, -0.2) is 0 Å². The molecule has 0 bridgehead atoms. The minimum absolute atomic E-state index is 0.611. The van der Waals surface area contributed by atoms with Crippen LogP contribution in [-0.2, 0) is 0 Å². The molecule has 0 atom stereocenters. The number of hydrogen-bond acceptors (Lipinski definition) is 2. The summed E-state index contributed by atoms with van der Waals surface area (Å²) in [5, 5.41) is 0. The van der Waals surface area contributed by atoms with Crippen LogP contribution in [-0.4, -0.2) is 13.2 Å². The summed E-state index contributed by atoms with van der Waals surface area (Å²) in [6, 6.07) is 7.71. The molecule has 2 heteroatoms. The summed E-state index contributed by atoms with van der Waals surface area (Å²) in [5.41, 5.74) is 2.52. The van der Waals surface area contributed by atoms with Crippen molar-refractivity contribution < 1.29 is 9.47 Å². The van der Waals surface area contributed by atoms with Crippen LogP contribution in [0.1, 0.15) is 27.7 Å². The highest BCUT2D eigenvalue weighted by atomic mass is 16.5. The van der Waals surface area contributed by atoms with Crippen LogP contribution >= 0.6 is 0 Å². The van der Waals surface area contributed by atoms with E-state index in [0.717, 1.165) is 11.5 Å². The standard InChI is InChI=1S/C16H22O2/c1-13(2)9-11-17-15-5-7-16(8-6-15)18-12-10-14(3)4/h5-10H,11-12H2,1-4H3. The molecule has 0 aliphatic heterocycles. The summed E-state index contributed by atoms with van der Waals surface area (Å²) in [5.74, 6) is 1.73. The van der Waals surface area contributed by atoms with Gasteiger partial charge in [0.15, 0.2) is 0 Å². The number of allylic oxidation sites excluding steroid dienone is 2. The minimum Gasteiger partial charge on any atom is -0.490 e. The van der Waals surface area contributed by atoms with Gasteiger partial charge in [-0.05, 0) is 64.1 Å². The Hall–Kier alpha value is -1.70. The third-order valence-corrected chi connectivity index (χ3v) is 2.31. The van der Waals surface area contributed by atoms with Crippen molar-refractivity contribution in [3.8, 4) is 11.5 Å². The van der Waals surface area contributed by atoms with E-state index in [1.165, 1.54) is 11.1 Å². The Bertz CT molecular complexity index is 364. The van der Waals surface area contributed by atoms with E-state index >= 15 is 0 Å². The molecule has 0 aliphatic carbocycles. The topological polar surface area (TPSA) is 18.5 Å². The molecule has 0 aromatic heterocycles. The third kappa shape index (κ3) is 6.14. The lowest BCUT2D eigenvalue weighted by atomic mass is 10.3. The minimum atomic E-state index is 0.611. The molecular formula is C16H22O2. The maximum atomic E-state index is 5.57. The Morgan fingerprint density at radius 2 is 1.11 bits per heavy atom. The third-order valence-electron chi connectivity index (χ3n) is 2.31. The normalized spacial score (nSPS) is 9.56. The second kappa shape index (κ2) is 7.59. The van der Waals surface area contributed by atoms with Gasteiger partial charge in [0.05, 0.1) is 0 Å². The lowest BCUT2D eigenvalue weighted by Crippen LogP contribution is -1.96. The maximum Gasteiger partial charge on any atom is 0.120 e. The predicted octanol–water partition coefficient (Wildman–Crippen LogP) is 4.38. The number of rotatable bonds is 6. The van der Waals surface area contributed by atoms with Crippen molar-refractivity contribution in [3.63, 3.8) is 0 Å². The fourth-order valence-electron chi connectivity index (χ4n) is 1.24. The fourth-order valence-corrected chi connectivity index (χ4v) is 1.24. The van der Waals surface area contributed by atoms with Crippen LogP contribution in [0.25, 0.3) is 0 Å². The highest BCUT2D eigenvalue weighted by Gasteiger charge is 1.95. The summed E-state index contributed by atoms with van der Waals surface area (Å²) < 4.78 is 11.1. The molecule has 98 valence electrons. The summed E-state index contributed by atoms with van der Waals surface area (Å²) in [6.45, 7) is 9.46. The lowest BCUT2D eigenvalue weighted by molar-refractivity contribution is 0.351. The average molecular weight is 246 g/mol. The Morgan fingerprint density at radius 3 is 1.39 bits per heavy atom. The van der Waals surface area contributed by atoms with Crippen molar-refractivity contribution >= 4 is 0 Å². The molecular weight excluding hydrogens is 224 g/mol. The van der Waals surface area contributed by atoms with Gasteiger partial charge < -0.3 is 9.47 Å². The Labute approximate surface area is 110 Å². The van der Waals surface area contributed by atoms with Crippen LogP contribution in [0, 0.1) is 0 Å². The molecule has 0 unspecified atom stereocenters. The number of ether oxygens (including phenoxy) is 2. The van der Waals surface area contributed by atoms with E-state index in [0.29, 0.717) is 13.2 Å². The Kier molecular flexibility index (Phi) is 6.06. The molecule has 0 aliphatic rings. The summed E-state index contributed by atoms with van der Waals surface area (Å²) in [4.78, 5) is 0. The van der Waals surface area contributed by atoms with E-state index in [1.807, 2.05) is 24.3 Å². The quantitative estimate of drug-likeness (QED) is 0.694. The first-order valence-corrected chi connectivity index (χ1v) is 6.20. The number of benzene rings is 1. The fraction of sp³-hybridized carbons (Fsp3) is 0.375. The van der Waals surface area contributed by atoms with Crippen LogP contribution in [0.4, 0.5) is 0 Å². The maximum absolute atomic E-state index is 5.57. The van der Waals surface area contributed by atoms with Gasteiger partial charge in [0, 0.05) is 0 Å². The van der Waals surface area contributed by atoms with E-state index < -0.39 is 0 Å². The van der Waals surface area contributed by atoms with Gasteiger partial charge in [0.1, 0.15) is 24.7 Å². The van der Waals surface area contributed by atoms with Gasteiger partial charge in [-0.15, -0.1) is 0 Å². The highest BCUT2D eigenvalue weighted by Crippen LogP contribution is 2.17. The van der Waals surface area contributed by atoms with E-state index in [4.69, 9.17) is 9.47 Å². The van der Waals surface area contributed by atoms with Crippen LogP contribution in [0.3, 0.4) is 0 Å². The van der Waals surface area contributed by atoms with Crippen LogP contribution in [0.2, 0.25) is 0 Å². The van der Waals surface area contributed by atoms with Crippen molar-refractivity contribution in [2.24, 2.45) is 0 Å². The smallest absolute Gasteiger partial charge is 0.120 e. The van der Waals surface area contributed by atoms with E-state index in [-0.39, 0.29) is 0 Å². The van der Waals surface area contributed by atoms with Gasteiger partial charge in [-0.2, -0.15) is 0 Å². The van der Waals surface area contributed by atoms with Gasteiger partial charge in [-0.1, -0.05) is 11.1 Å². The lowest BCUT2D eigenvalue weighted by Gasteiger charge is -2.06. The monoisotopic (exact) mass is 246 g/mol. The number of hydrogen-bond donors (Lipinski definition) is 0. The SMILES string of the molecule is CC(C)=CCOc1ccc(OCC=C(C)C)cc1. The van der Waals surface area contributed by atoms with E-state index in [1.54, 1.807) is 0 Å². The summed E-state index contributed by atoms with van der Waals surface area (Å²) in [7, 11) is 0. The van der Waals surface area contributed by atoms with Gasteiger partial charge >= 0.3 is 0 Å². The second-order valence-corrected chi connectivity index (χ2v) is 4.66. The average Bonchev–Trinajstić information content (AvgIpc) is 2.30. The first kappa shape index (κ1) is 14.4. The van der Waals surface area contributed by atoms with Gasteiger partial charge in [0.2, 0.25) is 0 Å². The van der Waals surface area contributed by atoms with Crippen molar-refractivity contribution in [3.05, 3.63) is 47.6 Å². The molecule has 0 saturated heterocycles. The molecule has 0 spiro atoms. The highest BCUT2D eigenvalue weighted by molar-refractivity contribution is 5.31. The molecule has 0 fully saturated rings. The van der Waals surface area contributed by atoms with Crippen LogP contribution in [0.5, 0.6) is 11.5 Å². The Balaban J connectivity index is 2.42. The Morgan fingerprint density at radius 1 is 0.778 bits per heavy atom. The molecule has 0 saturated carbocycles. The van der Waals surface area contributed by atoms with Crippen molar-refractivity contribution in [1.82, 2.24) is 0 Å². The van der Waals surface area contributed by atoms with Crippen molar-refractivity contribution in [2.45, 2.75) is 27.7 Å². The molecule has 0 amide bonds.